The molecule has 0 amide bonds. The fourth-order valence-electron chi connectivity index (χ4n) is 2.10. The lowest BCUT2D eigenvalue weighted by Gasteiger charge is -2.08. The molecule has 17 heavy (non-hydrogen) atoms. The average molecular weight is 229 g/mol. The summed E-state index contributed by atoms with van der Waals surface area (Å²) >= 11 is 0. The number of aryl methyl sites for hydroxylation is 2. The summed E-state index contributed by atoms with van der Waals surface area (Å²) in [6, 6.07) is 8.46. The highest BCUT2D eigenvalue weighted by Gasteiger charge is 2.11. The van der Waals surface area contributed by atoms with E-state index in [9.17, 15) is 0 Å². The summed E-state index contributed by atoms with van der Waals surface area (Å²) in [5.74, 6) is 0. The zero-order chi connectivity index (χ0) is 12.3. The molecule has 2 rings (SSSR count). The van der Waals surface area contributed by atoms with Gasteiger partial charge in [-0.15, -0.1) is 0 Å². The van der Waals surface area contributed by atoms with Gasteiger partial charge in [0.25, 0.3) is 0 Å². The first-order chi connectivity index (χ1) is 8.24. The van der Waals surface area contributed by atoms with Gasteiger partial charge < -0.3 is 5.32 Å². The lowest BCUT2D eigenvalue weighted by Crippen LogP contribution is -2.13. The van der Waals surface area contributed by atoms with Crippen LogP contribution in [-0.4, -0.2) is 23.4 Å². The third kappa shape index (κ3) is 2.39. The first-order valence-electron chi connectivity index (χ1n) is 5.95. The number of likely N-dealkylation sites (N-methyl/N-ethyl adjacent to an activating group) is 1. The average Bonchev–Trinajstić information content (AvgIpc) is 2.69. The Kier molecular flexibility index (Phi) is 3.59. The fourth-order valence-corrected chi connectivity index (χ4v) is 2.10. The Labute approximate surface area is 102 Å². The predicted octanol–water partition coefficient (Wildman–Crippen LogP) is 2.16. The second-order valence-electron chi connectivity index (χ2n) is 4.30. The predicted molar refractivity (Wildman–Crippen MR) is 71.0 cm³/mol. The Morgan fingerprint density at radius 2 is 2.00 bits per heavy atom. The van der Waals surface area contributed by atoms with Crippen LogP contribution in [0.2, 0.25) is 0 Å². The summed E-state index contributed by atoms with van der Waals surface area (Å²) in [5, 5.41) is 7.56. The molecule has 1 aromatic heterocycles. The Balaban J connectivity index is 2.42. The molecular weight excluding hydrogens is 210 g/mol. The minimum absolute atomic E-state index is 0.971. The highest BCUT2D eigenvalue weighted by molar-refractivity contribution is 5.68. The Bertz CT molecular complexity index is 500. The van der Waals surface area contributed by atoms with Crippen LogP contribution < -0.4 is 5.32 Å². The molecule has 2 aromatic rings. The molecule has 1 aromatic carbocycles. The summed E-state index contributed by atoms with van der Waals surface area (Å²) < 4.78 is 1.97. The monoisotopic (exact) mass is 229 g/mol. The van der Waals surface area contributed by atoms with E-state index < -0.39 is 0 Å². The normalized spacial score (nSPS) is 10.8. The van der Waals surface area contributed by atoms with E-state index in [2.05, 4.69) is 41.6 Å². The van der Waals surface area contributed by atoms with Gasteiger partial charge in [0, 0.05) is 31.3 Å². The number of nitrogens with one attached hydrogen (secondary N) is 1. The highest BCUT2D eigenvalue weighted by atomic mass is 15.3. The molecule has 0 atom stereocenters. The number of hydrogen-bond donors (Lipinski definition) is 1. The Morgan fingerprint density at radius 1 is 1.24 bits per heavy atom. The van der Waals surface area contributed by atoms with Crippen molar-refractivity contribution in [3.8, 4) is 11.1 Å². The van der Waals surface area contributed by atoms with E-state index in [0.717, 1.165) is 13.0 Å². The van der Waals surface area contributed by atoms with Crippen LogP contribution in [0.3, 0.4) is 0 Å². The SMILES string of the molecule is CNCCc1c(-c2ccccc2C)cnn1C. The smallest absolute Gasteiger partial charge is 0.0571 e. The molecule has 1 heterocycles. The molecule has 0 aliphatic rings. The third-order valence-corrected chi connectivity index (χ3v) is 3.11. The molecule has 0 unspecified atom stereocenters. The van der Waals surface area contributed by atoms with Crippen molar-refractivity contribution in [3.05, 3.63) is 41.7 Å². The van der Waals surface area contributed by atoms with E-state index in [1.807, 2.05) is 25.0 Å². The van der Waals surface area contributed by atoms with E-state index in [0.29, 0.717) is 0 Å². The van der Waals surface area contributed by atoms with Crippen LogP contribution in [0, 0.1) is 6.92 Å². The van der Waals surface area contributed by atoms with Crippen LogP contribution in [0.4, 0.5) is 0 Å². The van der Waals surface area contributed by atoms with Crippen LogP contribution >= 0.6 is 0 Å². The maximum atomic E-state index is 4.38. The molecular formula is C14H19N3. The van der Waals surface area contributed by atoms with Gasteiger partial charge in [0.1, 0.15) is 0 Å². The summed E-state index contributed by atoms with van der Waals surface area (Å²) in [6.07, 6.45) is 2.96. The first kappa shape index (κ1) is 11.9. The topological polar surface area (TPSA) is 29.9 Å². The van der Waals surface area contributed by atoms with Crippen LogP contribution in [0.15, 0.2) is 30.5 Å². The maximum Gasteiger partial charge on any atom is 0.0571 e. The van der Waals surface area contributed by atoms with E-state index >= 15 is 0 Å². The number of benzene rings is 1. The molecule has 3 heteroatoms. The van der Waals surface area contributed by atoms with Crippen LogP contribution in [0.25, 0.3) is 11.1 Å². The molecule has 0 saturated carbocycles. The summed E-state index contributed by atoms with van der Waals surface area (Å²) in [6.45, 7) is 3.11. The number of aromatic nitrogens is 2. The zero-order valence-corrected chi connectivity index (χ0v) is 10.7. The van der Waals surface area contributed by atoms with Crippen molar-refractivity contribution in [2.24, 2.45) is 7.05 Å². The maximum absolute atomic E-state index is 4.38. The van der Waals surface area contributed by atoms with Gasteiger partial charge in [-0.05, 0) is 25.1 Å². The lowest BCUT2D eigenvalue weighted by atomic mass is 10.00. The molecule has 0 radical (unpaired) electrons. The van der Waals surface area contributed by atoms with E-state index in [4.69, 9.17) is 0 Å². The van der Waals surface area contributed by atoms with Crippen LogP contribution in [0.1, 0.15) is 11.3 Å². The van der Waals surface area contributed by atoms with Crippen molar-refractivity contribution in [2.75, 3.05) is 13.6 Å². The van der Waals surface area contributed by atoms with Gasteiger partial charge in [-0.3, -0.25) is 4.68 Å². The molecule has 3 nitrogen and oxygen atoms in total. The molecule has 0 fully saturated rings. The van der Waals surface area contributed by atoms with E-state index in [1.54, 1.807) is 0 Å². The van der Waals surface area contributed by atoms with Gasteiger partial charge in [-0.25, -0.2) is 0 Å². The van der Waals surface area contributed by atoms with Crippen LogP contribution in [-0.2, 0) is 13.5 Å². The number of rotatable bonds is 4. The first-order valence-corrected chi connectivity index (χ1v) is 5.95. The molecule has 0 saturated heterocycles. The Morgan fingerprint density at radius 3 is 2.71 bits per heavy atom. The highest BCUT2D eigenvalue weighted by Crippen LogP contribution is 2.26. The third-order valence-electron chi connectivity index (χ3n) is 3.11. The lowest BCUT2D eigenvalue weighted by molar-refractivity contribution is 0.682. The van der Waals surface area contributed by atoms with E-state index in [-0.39, 0.29) is 0 Å². The second-order valence-corrected chi connectivity index (χ2v) is 4.30. The fraction of sp³-hybridized carbons (Fsp3) is 0.357. The Hall–Kier alpha value is -1.61. The molecule has 1 N–H and O–H groups in total. The number of hydrogen-bond acceptors (Lipinski definition) is 2. The zero-order valence-electron chi connectivity index (χ0n) is 10.7. The molecule has 90 valence electrons. The van der Waals surface area contributed by atoms with Crippen LogP contribution in [0.5, 0.6) is 0 Å². The summed E-state index contributed by atoms with van der Waals surface area (Å²) in [5.41, 5.74) is 5.12. The van der Waals surface area contributed by atoms with Crippen molar-refractivity contribution in [1.29, 1.82) is 0 Å². The minimum Gasteiger partial charge on any atom is -0.319 e. The molecule has 0 bridgehead atoms. The second kappa shape index (κ2) is 5.15. The standard InChI is InChI=1S/C14H19N3/c1-11-6-4-5-7-12(11)13-10-16-17(3)14(13)8-9-15-2/h4-7,10,15H,8-9H2,1-3H3. The largest absolute Gasteiger partial charge is 0.319 e. The molecule has 0 aliphatic heterocycles. The van der Waals surface area contributed by atoms with Gasteiger partial charge in [0.15, 0.2) is 0 Å². The van der Waals surface area contributed by atoms with Crippen molar-refractivity contribution in [2.45, 2.75) is 13.3 Å². The minimum atomic E-state index is 0.971. The number of nitrogens with zero attached hydrogens (tertiary/aromatic N) is 2. The van der Waals surface area contributed by atoms with Gasteiger partial charge in [-0.1, -0.05) is 24.3 Å². The van der Waals surface area contributed by atoms with Gasteiger partial charge in [-0.2, -0.15) is 5.10 Å². The van der Waals surface area contributed by atoms with Gasteiger partial charge in [0.2, 0.25) is 0 Å². The van der Waals surface area contributed by atoms with Gasteiger partial charge >= 0.3 is 0 Å². The summed E-state index contributed by atoms with van der Waals surface area (Å²) in [7, 11) is 3.98. The van der Waals surface area contributed by atoms with Gasteiger partial charge in [0.05, 0.1) is 6.20 Å². The van der Waals surface area contributed by atoms with Crippen molar-refractivity contribution in [3.63, 3.8) is 0 Å². The van der Waals surface area contributed by atoms with Crippen molar-refractivity contribution in [1.82, 2.24) is 15.1 Å². The molecule has 0 aliphatic carbocycles. The molecule has 0 spiro atoms. The summed E-state index contributed by atoms with van der Waals surface area (Å²) in [4.78, 5) is 0. The van der Waals surface area contributed by atoms with Crippen molar-refractivity contribution < 1.29 is 0 Å². The van der Waals surface area contributed by atoms with E-state index in [1.165, 1.54) is 22.4 Å². The van der Waals surface area contributed by atoms with Crippen molar-refractivity contribution >= 4 is 0 Å². The quantitative estimate of drug-likeness (QED) is 0.870.